The highest BCUT2D eigenvalue weighted by molar-refractivity contribution is 5.69. The van der Waals surface area contributed by atoms with Gasteiger partial charge in [-0.05, 0) is 39.5 Å². The smallest absolute Gasteiger partial charge is 0.410 e. The first-order chi connectivity index (χ1) is 8.87. The van der Waals surface area contributed by atoms with Crippen LogP contribution in [0, 0.1) is 5.92 Å². The quantitative estimate of drug-likeness (QED) is 0.848. The summed E-state index contributed by atoms with van der Waals surface area (Å²) in [5.41, 5.74) is 0.594. The van der Waals surface area contributed by atoms with E-state index >= 15 is 0 Å². The Hall–Kier alpha value is -1.52. The van der Waals surface area contributed by atoms with E-state index in [2.05, 4.69) is 17.1 Å². The summed E-state index contributed by atoms with van der Waals surface area (Å²) < 4.78 is 5.51. The Morgan fingerprint density at radius 3 is 2.79 bits per heavy atom. The van der Waals surface area contributed by atoms with Gasteiger partial charge in [0.25, 0.3) is 0 Å². The molecular weight excluding hydrogens is 242 g/mol. The lowest BCUT2D eigenvalue weighted by Crippen LogP contribution is -2.44. The van der Waals surface area contributed by atoms with Crippen LogP contribution in [0.25, 0.3) is 0 Å². The highest BCUT2D eigenvalue weighted by Gasteiger charge is 2.34. The SMILES string of the molecule is CC1CCC(c2cn[nH]c2)N(C(=O)OC(C)(C)C)C1. The summed E-state index contributed by atoms with van der Waals surface area (Å²) in [6.07, 6.45) is 5.50. The number of nitrogens with one attached hydrogen (secondary N) is 1. The number of H-pyrrole nitrogens is 1. The molecule has 2 rings (SSSR count). The number of ether oxygens (including phenoxy) is 1. The highest BCUT2D eigenvalue weighted by Crippen LogP contribution is 2.33. The van der Waals surface area contributed by atoms with E-state index in [1.165, 1.54) is 0 Å². The van der Waals surface area contributed by atoms with Crippen LogP contribution in [0.3, 0.4) is 0 Å². The lowest BCUT2D eigenvalue weighted by molar-refractivity contribution is 0.00364. The van der Waals surface area contributed by atoms with Crippen LogP contribution in [0.4, 0.5) is 4.79 Å². The third-order valence-corrected chi connectivity index (χ3v) is 3.35. The van der Waals surface area contributed by atoms with Crippen molar-refractivity contribution >= 4 is 6.09 Å². The maximum absolute atomic E-state index is 12.3. The average molecular weight is 265 g/mol. The number of carbonyl (C=O) groups is 1. The first-order valence-electron chi connectivity index (χ1n) is 6.85. The van der Waals surface area contributed by atoms with Crippen LogP contribution in [0.1, 0.15) is 52.1 Å². The van der Waals surface area contributed by atoms with Gasteiger partial charge in [0.15, 0.2) is 0 Å². The summed E-state index contributed by atoms with van der Waals surface area (Å²) in [7, 11) is 0. The Balaban J connectivity index is 2.15. The van der Waals surface area contributed by atoms with Crippen LogP contribution in [-0.2, 0) is 4.74 Å². The Labute approximate surface area is 114 Å². The minimum absolute atomic E-state index is 0.0739. The van der Waals surface area contributed by atoms with Gasteiger partial charge in [-0.3, -0.25) is 5.10 Å². The lowest BCUT2D eigenvalue weighted by atomic mass is 9.92. The molecule has 1 aromatic heterocycles. The van der Waals surface area contributed by atoms with Crippen LogP contribution in [0.5, 0.6) is 0 Å². The second kappa shape index (κ2) is 5.23. The molecule has 1 N–H and O–H groups in total. The Morgan fingerprint density at radius 1 is 1.47 bits per heavy atom. The van der Waals surface area contributed by atoms with Gasteiger partial charge in [0.2, 0.25) is 0 Å². The van der Waals surface area contributed by atoms with Gasteiger partial charge in [-0.25, -0.2) is 4.79 Å². The molecule has 5 nitrogen and oxygen atoms in total. The number of likely N-dealkylation sites (tertiary alicyclic amines) is 1. The van der Waals surface area contributed by atoms with Gasteiger partial charge >= 0.3 is 6.09 Å². The number of rotatable bonds is 1. The van der Waals surface area contributed by atoms with Gasteiger partial charge in [-0.1, -0.05) is 6.92 Å². The fourth-order valence-electron chi connectivity index (χ4n) is 2.46. The first-order valence-corrected chi connectivity index (χ1v) is 6.85. The van der Waals surface area contributed by atoms with Gasteiger partial charge in [0.05, 0.1) is 12.2 Å². The predicted molar refractivity (Wildman–Crippen MR) is 72.7 cm³/mol. The van der Waals surface area contributed by atoms with Crippen molar-refractivity contribution in [1.82, 2.24) is 15.1 Å². The molecule has 1 fully saturated rings. The van der Waals surface area contributed by atoms with Gasteiger partial charge < -0.3 is 9.64 Å². The number of aromatic nitrogens is 2. The van der Waals surface area contributed by atoms with E-state index in [0.717, 1.165) is 24.9 Å². The molecule has 1 aliphatic rings. The van der Waals surface area contributed by atoms with Crippen LogP contribution in [-0.4, -0.2) is 33.3 Å². The summed E-state index contributed by atoms with van der Waals surface area (Å²) in [5, 5.41) is 6.80. The number of nitrogens with zero attached hydrogens (tertiary/aromatic N) is 2. The van der Waals surface area contributed by atoms with Crippen molar-refractivity contribution in [3.8, 4) is 0 Å². The Morgan fingerprint density at radius 2 is 2.21 bits per heavy atom. The van der Waals surface area contributed by atoms with Crippen LogP contribution < -0.4 is 0 Å². The molecule has 0 aliphatic carbocycles. The van der Waals surface area contributed by atoms with Crippen molar-refractivity contribution in [3.63, 3.8) is 0 Å². The van der Waals surface area contributed by atoms with Crippen molar-refractivity contribution in [2.45, 2.75) is 52.2 Å². The number of carbonyl (C=O) groups excluding carboxylic acids is 1. The van der Waals surface area contributed by atoms with Crippen molar-refractivity contribution < 1.29 is 9.53 Å². The third-order valence-electron chi connectivity index (χ3n) is 3.35. The van der Waals surface area contributed by atoms with E-state index in [1.54, 1.807) is 6.20 Å². The minimum atomic E-state index is -0.460. The fourth-order valence-corrected chi connectivity index (χ4v) is 2.46. The number of aromatic amines is 1. The van der Waals surface area contributed by atoms with Crippen LogP contribution in [0.15, 0.2) is 12.4 Å². The first kappa shape index (κ1) is 13.9. The maximum atomic E-state index is 12.3. The molecule has 1 aromatic rings. The molecule has 1 aliphatic heterocycles. The van der Waals surface area contributed by atoms with Crippen molar-refractivity contribution in [2.24, 2.45) is 5.92 Å². The molecular formula is C14H23N3O2. The summed E-state index contributed by atoms with van der Waals surface area (Å²) >= 11 is 0. The molecule has 0 spiro atoms. The van der Waals surface area contributed by atoms with Gasteiger partial charge in [0, 0.05) is 18.3 Å². The standard InChI is InChI=1S/C14H23N3O2/c1-10-5-6-12(11-7-15-16-8-11)17(9-10)13(18)19-14(2,3)4/h7-8,10,12H,5-6,9H2,1-4H3,(H,15,16). The summed E-state index contributed by atoms with van der Waals surface area (Å²) in [6, 6.07) is 0.0739. The van der Waals surface area contributed by atoms with E-state index in [1.807, 2.05) is 31.9 Å². The lowest BCUT2D eigenvalue weighted by Gasteiger charge is -2.38. The molecule has 2 unspecified atom stereocenters. The second-order valence-corrected chi connectivity index (χ2v) is 6.36. The second-order valence-electron chi connectivity index (χ2n) is 6.36. The van der Waals surface area contributed by atoms with E-state index in [0.29, 0.717) is 5.92 Å². The molecule has 1 saturated heterocycles. The zero-order valence-electron chi connectivity index (χ0n) is 12.1. The highest BCUT2D eigenvalue weighted by atomic mass is 16.6. The Kier molecular flexibility index (Phi) is 3.83. The third kappa shape index (κ3) is 3.49. The maximum Gasteiger partial charge on any atom is 0.410 e. The predicted octanol–water partition coefficient (Wildman–Crippen LogP) is 3.12. The molecule has 0 radical (unpaired) electrons. The topological polar surface area (TPSA) is 58.2 Å². The summed E-state index contributed by atoms with van der Waals surface area (Å²) in [5.74, 6) is 0.510. The van der Waals surface area contributed by atoms with Gasteiger partial charge in [-0.2, -0.15) is 5.10 Å². The fraction of sp³-hybridized carbons (Fsp3) is 0.714. The molecule has 19 heavy (non-hydrogen) atoms. The van der Waals surface area contributed by atoms with Gasteiger partial charge in [-0.15, -0.1) is 0 Å². The van der Waals surface area contributed by atoms with E-state index in [9.17, 15) is 4.79 Å². The number of amides is 1. The molecule has 5 heteroatoms. The summed E-state index contributed by atoms with van der Waals surface area (Å²) in [6.45, 7) is 8.59. The normalized spacial score (nSPS) is 24.3. The van der Waals surface area contributed by atoms with E-state index in [4.69, 9.17) is 4.74 Å². The van der Waals surface area contributed by atoms with Crippen molar-refractivity contribution in [2.75, 3.05) is 6.54 Å². The number of hydrogen-bond donors (Lipinski definition) is 1. The molecule has 0 aromatic carbocycles. The molecule has 0 saturated carbocycles. The van der Waals surface area contributed by atoms with Crippen LogP contribution >= 0.6 is 0 Å². The summed E-state index contributed by atoms with van der Waals surface area (Å²) in [4.78, 5) is 14.2. The van der Waals surface area contributed by atoms with Crippen molar-refractivity contribution in [1.29, 1.82) is 0 Å². The molecule has 2 heterocycles. The zero-order valence-corrected chi connectivity index (χ0v) is 12.1. The Bertz CT molecular complexity index is 422. The molecule has 1 amide bonds. The molecule has 0 bridgehead atoms. The average Bonchev–Trinajstić information content (AvgIpc) is 2.80. The van der Waals surface area contributed by atoms with Crippen molar-refractivity contribution in [3.05, 3.63) is 18.0 Å². The van der Waals surface area contributed by atoms with Gasteiger partial charge in [0.1, 0.15) is 5.60 Å². The monoisotopic (exact) mass is 265 g/mol. The minimum Gasteiger partial charge on any atom is -0.444 e. The molecule has 2 atom stereocenters. The zero-order chi connectivity index (χ0) is 14.0. The number of hydrogen-bond acceptors (Lipinski definition) is 3. The van der Waals surface area contributed by atoms with E-state index < -0.39 is 5.60 Å². The number of piperidine rings is 1. The largest absolute Gasteiger partial charge is 0.444 e. The van der Waals surface area contributed by atoms with Crippen LogP contribution in [0.2, 0.25) is 0 Å². The van der Waals surface area contributed by atoms with E-state index in [-0.39, 0.29) is 12.1 Å². The molecule has 106 valence electrons.